The molecule has 0 bridgehead atoms. The molecule has 0 aliphatic rings. The Kier molecular flexibility index (Phi) is 6.89. The summed E-state index contributed by atoms with van der Waals surface area (Å²) in [5.41, 5.74) is 2.53. The number of hydrogen-bond acceptors (Lipinski definition) is 3. The lowest BCUT2D eigenvalue weighted by Gasteiger charge is -2.21. The SMILES string of the molecule is CCN(CC)c1ccc(CNCC(O)C(C)C)cc1. The molecule has 19 heavy (non-hydrogen) atoms. The lowest BCUT2D eigenvalue weighted by atomic mass is 10.1. The Bertz CT molecular complexity index is 344. The predicted molar refractivity (Wildman–Crippen MR) is 82.6 cm³/mol. The first-order chi connectivity index (χ1) is 9.08. The van der Waals surface area contributed by atoms with Crippen molar-refractivity contribution in [1.29, 1.82) is 0 Å². The maximum absolute atomic E-state index is 9.72. The van der Waals surface area contributed by atoms with E-state index in [4.69, 9.17) is 0 Å². The van der Waals surface area contributed by atoms with Gasteiger partial charge in [-0.1, -0.05) is 26.0 Å². The molecule has 3 nitrogen and oxygen atoms in total. The van der Waals surface area contributed by atoms with Crippen LogP contribution < -0.4 is 10.2 Å². The molecule has 108 valence electrons. The summed E-state index contributed by atoms with van der Waals surface area (Å²) < 4.78 is 0. The quantitative estimate of drug-likeness (QED) is 0.757. The molecule has 1 unspecified atom stereocenters. The van der Waals surface area contributed by atoms with Gasteiger partial charge in [-0.3, -0.25) is 0 Å². The Labute approximate surface area is 117 Å². The van der Waals surface area contributed by atoms with Crippen LogP contribution in [-0.4, -0.2) is 30.8 Å². The van der Waals surface area contributed by atoms with Gasteiger partial charge in [-0.25, -0.2) is 0 Å². The molecule has 0 fully saturated rings. The van der Waals surface area contributed by atoms with Gasteiger partial charge in [0, 0.05) is 31.9 Å². The predicted octanol–water partition coefficient (Wildman–Crippen LogP) is 2.64. The van der Waals surface area contributed by atoms with Gasteiger partial charge in [0.2, 0.25) is 0 Å². The Morgan fingerprint density at radius 1 is 1.11 bits per heavy atom. The molecule has 3 heteroatoms. The van der Waals surface area contributed by atoms with E-state index in [2.05, 4.69) is 48.3 Å². The number of benzene rings is 1. The summed E-state index contributed by atoms with van der Waals surface area (Å²) in [7, 11) is 0. The molecule has 0 heterocycles. The molecule has 0 amide bonds. The van der Waals surface area contributed by atoms with Gasteiger partial charge in [0.25, 0.3) is 0 Å². The van der Waals surface area contributed by atoms with E-state index in [-0.39, 0.29) is 6.10 Å². The Morgan fingerprint density at radius 3 is 2.16 bits per heavy atom. The zero-order chi connectivity index (χ0) is 14.3. The van der Waals surface area contributed by atoms with Crippen LogP contribution >= 0.6 is 0 Å². The first-order valence-electron chi connectivity index (χ1n) is 7.31. The third kappa shape index (κ3) is 5.21. The van der Waals surface area contributed by atoms with Crippen LogP contribution in [-0.2, 0) is 6.54 Å². The molecule has 0 aliphatic carbocycles. The first kappa shape index (κ1) is 16.0. The molecule has 2 N–H and O–H groups in total. The number of nitrogens with zero attached hydrogens (tertiary/aromatic N) is 1. The van der Waals surface area contributed by atoms with Gasteiger partial charge in [-0.15, -0.1) is 0 Å². The van der Waals surface area contributed by atoms with Gasteiger partial charge in [0.1, 0.15) is 0 Å². The highest BCUT2D eigenvalue weighted by Gasteiger charge is 2.08. The summed E-state index contributed by atoms with van der Waals surface area (Å²) >= 11 is 0. The first-order valence-corrected chi connectivity index (χ1v) is 7.31. The number of hydrogen-bond donors (Lipinski definition) is 2. The molecule has 1 rings (SSSR count). The minimum atomic E-state index is -0.269. The monoisotopic (exact) mass is 264 g/mol. The van der Waals surface area contributed by atoms with Gasteiger partial charge < -0.3 is 15.3 Å². The number of aliphatic hydroxyl groups is 1. The minimum Gasteiger partial charge on any atom is -0.392 e. The molecular formula is C16H28N2O. The molecule has 0 aliphatic heterocycles. The van der Waals surface area contributed by atoms with Gasteiger partial charge in [0.15, 0.2) is 0 Å². The van der Waals surface area contributed by atoms with Gasteiger partial charge >= 0.3 is 0 Å². The fraction of sp³-hybridized carbons (Fsp3) is 0.625. The number of anilines is 1. The second-order valence-corrected chi connectivity index (χ2v) is 5.28. The van der Waals surface area contributed by atoms with Crippen molar-refractivity contribution in [2.45, 2.75) is 40.3 Å². The fourth-order valence-corrected chi connectivity index (χ4v) is 2.01. The highest BCUT2D eigenvalue weighted by molar-refractivity contribution is 5.47. The average Bonchev–Trinajstić information content (AvgIpc) is 2.41. The van der Waals surface area contributed by atoms with Crippen LogP contribution in [0.3, 0.4) is 0 Å². The molecule has 1 aromatic carbocycles. The van der Waals surface area contributed by atoms with E-state index < -0.39 is 0 Å². The lowest BCUT2D eigenvalue weighted by molar-refractivity contribution is 0.123. The molecule has 0 radical (unpaired) electrons. The highest BCUT2D eigenvalue weighted by Crippen LogP contribution is 2.14. The number of aliphatic hydroxyl groups excluding tert-OH is 1. The number of nitrogens with one attached hydrogen (secondary N) is 1. The number of rotatable bonds is 8. The van der Waals surface area contributed by atoms with Crippen LogP contribution in [0.2, 0.25) is 0 Å². The van der Waals surface area contributed by atoms with Crippen LogP contribution in [0.4, 0.5) is 5.69 Å². The summed E-state index contributed by atoms with van der Waals surface area (Å²) in [6.45, 7) is 11.9. The highest BCUT2D eigenvalue weighted by atomic mass is 16.3. The third-order valence-electron chi connectivity index (χ3n) is 3.52. The summed E-state index contributed by atoms with van der Waals surface area (Å²) in [6, 6.07) is 8.65. The summed E-state index contributed by atoms with van der Waals surface area (Å²) in [4.78, 5) is 2.33. The van der Waals surface area contributed by atoms with E-state index >= 15 is 0 Å². The van der Waals surface area contributed by atoms with Crippen LogP contribution in [0.5, 0.6) is 0 Å². The van der Waals surface area contributed by atoms with Crippen molar-refractivity contribution < 1.29 is 5.11 Å². The van der Waals surface area contributed by atoms with Crippen molar-refractivity contribution in [1.82, 2.24) is 5.32 Å². The lowest BCUT2D eigenvalue weighted by Crippen LogP contribution is -2.30. The van der Waals surface area contributed by atoms with Crippen molar-refractivity contribution in [3.8, 4) is 0 Å². The second kappa shape index (κ2) is 8.18. The van der Waals surface area contributed by atoms with Crippen molar-refractivity contribution in [2.75, 3.05) is 24.5 Å². The molecule has 0 aromatic heterocycles. The Balaban J connectivity index is 2.44. The van der Waals surface area contributed by atoms with E-state index in [9.17, 15) is 5.11 Å². The third-order valence-corrected chi connectivity index (χ3v) is 3.52. The largest absolute Gasteiger partial charge is 0.392 e. The maximum Gasteiger partial charge on any atom is 0.0687 e. The van der Waals surface area contributed by atoms with Crippen molar-refractivity contribution in [3.63, 3.8) is 0 Å². The van der Waals surface area contributed by atoms with Gasteiger partial charge in [-0.05, 0) is 37.5 Å². The van der Waals surface area contributed by atoms with E-state index in [1.165, 1.54) is 11.3 Å². The van der Waals surface area contributed by atoms with Crippen molar-refractivity contribution >= 4 is 5.69 Å². The van der Waals surface area contributed by atoms with Crippen LogP contribution in [0.1, 0.15) is 33.3 Å². The van der Waals surface area contributed by atoms with E-state index in [1.54, 1.807) is 0 Å². The normalized spacial score (nSPS) is 12.7. The molecule has 1 aromatic rings. The molecule has 0 spiro atoms. The zero-order valence-corrected chi connectivity index (χ0v) is 12.7. The van der Waals surface area contributed by atoms with E-state index in [0.29, 0.717) is 12.5 Å². The molecule has 0 saturated heterocycles. The van der Waals surface area contributed by atoms with Gasteiger partial charge in [-0.2, -0.15) is 0 Å². The summed E-state index contributed by atoms with van der Waals surface area (Å²) in [5, 5.41) is 13.0. The fourth-order valence-electron chi connectivity index (χ4n) is 2.01. The van der Waals surface area contributed by atoms with E-state index in [1.807, 2.05) is 13.8 Å². The summed E-state index contributed by atoms with van der Waals surface area (Å²) in [6.07, 6.45) is -0.269. The van der Waals surface area contributed by atoms with Crippen molar-refractivity contribution in [2.24, 2.45) is 5.92 Å². The topological polar surface area (TPSA) is 35.5 Å². The molecular weight excluding hydrogens is 236 g/mol. The maximum atomic E-state index is 9.72. The second-order valence-electron chi connectivity index (χ2n) is 5.28. The smallest absolute Gasteiger partial charge is 0.0687 e. The zero-order valence-electron chi connectivity index (χ0n) is 12.7. The summed E-state index contributed by atoms with van der Waals surface area (Å²) in [5.74, 6) is 0.303. The standard InChI is InChI=1S/C16H28N2O/c1-5-18(6-2)15-9-7-14(8-10-15)11-17-12-16(19)13(3)4/h7-10,13,16-17,19H,5-6,11-12H2,1-4H3. The van der Waals surface area contributed by atoms with E-state index in [0.717, 1.165) is 19.6 Å². The van der Waals surface area contributed by atoms with Crippen LogP contribution in [0.15, 0.2) is 24.3 Å². The van der Waals surface area contributed by atoms with Crippen LogP contribution in [0, 0.1) is 5.92 Å². The Morgan fingerprint density at radius 2 is 1.68 bits per heavy atom. The molecule has 1 atom stereocenters. The van der Waals surface area contributed by atoms with Crippen LogP contribution in [0.25, 0.3) is 0 Å². The Hall–Kier alpha value is -1.06. The average molecular weight is 264 g/mol. The minimum absolute atomic E-state index is 0.269. The van der Waals surface area contributed by atoms with Gasteiger partial charge in [0.05, 0.1) is 6.10 Å². The molecule has 0 saturated carbocycles. The van der Waals surface area contributed by atoms with Crippen molar-refractivity contribution in [3.05, 3.63) is 29.8 Å².